The molecule has 7 nitrogen and oxygen atoms in total. The third-order valence-corrected chi connectivity index (χ3v) is 4.11. The summed E-state index contributed by atoms with van der Waals surface area (Å²) in [5.74, 6) is -1.64. The summed E-state index contributed by atoms with van der Waals surface area (Å²) in [7, 11) is 0. The lowest BCUT2D eigenvalue weighted by Gasteiger charge is -2.37. The van der Waals surface area contributed by atoms with Crippen LogP contribution < -0.4 is 5.12 Å². The van der Waals surface area contributed by atoms with E-state index in [1.54, 1.807) is 29.2 Å². The summed E-state index contributed by atoms with van der Waals surface area (Å²) in [5.41, 5.74) is 0.859. The van der Waals surface area contributed by atoms with E-state index in [1.165, 1.54) is 5.12 Å². The lowest BCUT2D eigenvalue weighted by Crippen LogP contribution is -2.47. The first-order valence-corrected chi connectivity index (χ1v) is 8.35. The summed E-state index contributed by atoms with van der Waals surface area (Å²) in [6.45, 7) is 12.9. The Bertz CT molecular complexity index is 625. The van der Waals surface area contributed by atoms with E-state index in [9.17, 15) is 14.7 Å². The van der Waals surface area contributed by atoms with E-state index in [0.717, 1.165) is 0 Å². The Morgan fingerprint density at radius 1 is 1.20 bits per heavy atom. The van der Waals surface area contributed by atoms with Gasteiger partial charge in [-0.05, 0) is 31.9 Å². The molecule has 1 aromatic carbocycles. The second-order valence-corrected chi connectivity index (χ2v) is 5.51. The number of rotatable bonds is 5. The number of carboxylic acid groups (broad SMARTS) is 1. The van der Waals surface area contributed by atoms with Gasteiger partial charge in [-0.15, -0.1) is 0 Å². The molecule has 1 heterocycles. The van der Waals surface area contributed by atoms with Crippen molar-refractivity contribution >= 4 is 31.0 Å². The van der Waals surface area contributed by atoms with Gasteiger partial charge < -0.3 is 10.0 Å². The zero-order valence-electron chi connectivity index (χ0n) is 15.1. The number of anilines is 1. The van der Waals surface area contributed by atoms with Crippen molar-refractivity contribution in [1.82, 2.24) is 4.90 Å². The minimum absolute atomic E-state index is 0.0204. The van der Waals surface area contributed by atoms with Crippen LogP contribution in [-0.2, 0) is 4.79 Å². The molecule has 2 rings (SSSR count). The fraction of sp³-hybridized carbons (Fsp3) is 0.444. The molecule has 1 fully saturated rings. The second-order valence-electron chi connectivity index (χ2n) is 5.51. The zero-order chi connectivity index (χ0) is 19.0. The number of hydrogen-bond acceptors (Lipinski definition) is 5. The minimum Gasteiger partial charge on any atom is -0.481 e. The fourth-order valence-electron chi connectivity index (χ4n) is 2.77. The van der Waals surface area contributed by atoms with Crippen molar-refractivity contribution in [3.63, 3.8) is 0 Å². The number of amides is 1. The molecule has 0 saturated carbocycles. The molecule has 0 bridgehead atoms. The largest absolute Gasteiger partial charge is 0.481 e. The summed E-state index contributed by atoms with van der Waals surface area (Å²) < 4.78 is 0. The average Bonchev–Trinajstić information content (AvgIpc) is 2.64. The van der Waals surface area contributed by atoms with Gasteiger partial charge in [0.2, 0.25) is 0 Å². The van der Waals surface area contributed by atoms with Crippen molar-refractivity contribution in [3.8, 4) is 0 Å². The van der Waals surface area contributed by atoms with Crippen LogP contribution >= 0.6 is 0 Å². The predicted octanol–water partition coefficient (Wildman–Crippen LogP) is 3.08. The quantitative estimate of drug-likeness (QED) is 0.656. The summed E-state index contributed by atoms with van der Waals surface area (Å²) in [5, 5.41) is 17.8. The Morgan fingerprint density at radius 2 is 1.80 bits per heavy atom. The molecule has 0 aromatic heterocycles. The van der Waals surface area contributed by atoms with Gasteiger partial charge in [-0.25, -0.2) is 0 Å². The van der Waals surface area contributed by atoms with Gasteiger partial charge in [0.05, 0.1) is 17.2 Å². The van der Waals surface area contributed by atoms with Gasteiger partial charge in [-0.2, -0.15) is 15.3 Å². The van der Waals surface area contributed by atoms with Gasteiger partial charge in [0.25, 0.3) is 5.91 Å². The van der Waals surface area contributed by atoms with Gasteiger partial charge in [-0.3, -0.25) is 9.59 Å². The van der Waals surface area contributed by atoms with Crippen LogP contribution in [0.15, 0.2) is 34.5 Å². The number of carbonyl (C=O) groups excluding carboxylic acids is 1. The molecule has 2 atom stereocenters. The van der Waals surface area contributed by atoms with Gasteiger partial charge in [-0.1, -0.05) is 26.0 Å². The Labute approximate surface area is 148 Å². The van der Waals surface area contributed by atoms with Crippen LogP contribution in [-0.4, -0.2) is 47.9 Å². The first-order valence-electron chi connectivity index (χ1n) is 8.35. The number of hydrogen-bond donors (Lipinski definition) is 1. The molecule has 1 aliphatic rings. The molecular formula is C18H26N4O3. The number of para-hydroxylation sites is 1. The molecule has 1 aliphatic heterocycles. The smallest absolute Gasteiger partial charge is 0.308 e. The lowest BCUT2D eigenvalue weighted by molar-refractivity contribution is -0.143. The maximum Gasteiger partial charge on any atom is 0.308 e. The molecule has 1 N–H and O–H groups in total. The van der Waals surface area contributed by atoms with Crippen LogP contribution in [0.3, 0.4) is 0 Å². The predicted molar refractivity (Wildman–Crippen MR) is 100 cm³/mol. The molecule has 1 saturated heterocycles. The van der Waals surface area contributed by atoms with Gasteiger partial charge in [0, 0.05) is 26.0 Å². The SMILES string of the molecule is C=NN(N=C)c1ccccc1C(=O)N1CC(C(=O)O)CC[C@H]1C.CC. The molecule has 7 heteroatoms. The van der Waals surface area contributed by atoms with Crippen LogP contribution in [0.5, 0.6) is 0 Å². The fourth-order valence-corrected chi connectivity index (χ4v) is 2.77. The van der Waals surface area contributed by atoms with Crippen molar-refractivity contribution < 1.29 is 14.7 Å². The van der Waals surface area contributed by atoms with Gasteiger partial charge in [0.15, 0.2) is 0 Å². The number of piperidine rings is 1. The highest BCUT2D eigenvalue weighted by atomic mass is 16.4. The van der Waals surface area contributed by atoms with Crippen LogP contribution in [0.25, 0.3) is 0 Å². The molecule has 1 aromatic rings. The average molecular weight is 346 g/mol. The molecule has 0 radical (unpaired) electrons. The maximum atomic E-state index is 12.9. The van der Waals surface area contributed by atoms with E-state index < -0.39 is 11.9 Å². The summed E-state index contributed by atoms with van der Waals surface area (Å²) in [6.07, 6.45) is 1.24. The van der Waals surface area contributed by atoms with Crippen molar-refractivity contribution in [3.05, 3.63) is 29.8 Å². The second kappa shape index (κ2) is 9.56. The Kier molecular flexibility index (Phi) is 7.78. The monoisotopic (exact) mass is 346 g/mol. The summed E-state index contributed by atoms with van der Waals surface area (Å²) in [4.78, 5) is 25.8. The van der Waals surface area contributed by atoms with Crippen molar-refractivity contribution in [2.24, 2.45) is 16.1 Å². The molecule has 25 heavy (non-hydrogen) atoms. The highest BCUT2D eigenvalue weighted by Crippen LogP contribution is 2.28. The van der Waals surface area contributed by atoms with E-state index in [-0.39, 0.29) is 18.5 Å². The number of benzene rings is 1. The lowest BCUT2D eigenvalue weighted by atomic mass is 9.92. The number of hydrazone groups is 2. The Hall–Kier alpha value is -2.70. The Morgan fingerprint density at radius 3 is 2.36 bits per heavy atom. The van der Waals surface area contributed by atoms with Crippen LogP contribution in [0, 0.1) is 5.92 Å². The Balaban J connectivity index is 0.00000151. The standard InChI is InChI=1S/C16H20N4O3.C2H6/c1-11-8-9-12(16(22)23)10-19(11)15(21)13-6-4-5-7-14(13)20(17-2)18-3;1-2/h4-7,11-12H,2-3,8-10H2,1H3,(H,22,23);1-2H3/t11-,12?;/m1./s1. The molecule has 1 unspecified atom stereocenters. The van der Waals surface area contributed by atoms with E-state index in [1.807, 2.05) is 20.8 Å². The number of carbonyl (C=O) groups is 2. The van der Waals surface area contributed by atoms with Crippen LogP contribution in [0.2, 0.25) is 0 Å². The maximum absolute atomic E-state index is 12.9. The summed E-state index contributed by atoms with van der Waals surface area (Å²) in [6, 6.07) is 6.84. The van der Waals surface area contributed by atoms with Crippen molar-refractivity contribution in [1.29, 1.82) is 0 Å². The van der Waals surface area contributed by atoms with E-state index in [2.05, 4.69) is 23.6 Å². The van der Waals surface area contributed by atoms with E-state index in [4.69, 9.17) is 0 Å². The molecule has 136 valence electrons. The molecular weight excluding hydrogens is 320 g/mol. The first-order chi connectivity index (χ1) is 12.0. The molecule has 0 aliphatic carbocycles. The first kappa shape index (κ1) is 20.3. The van der Waals surface area contributed by atoms with Gasteiger partial charge >= 0.3 is 5.97 Å². The number of carboxylic acids is 1. The number of nitrogens with zero attached hydrogens (tertiary/aromatic N) is 4. The van der Waals surface area contributed by atoms with Crippen molar-refractivity contribution in [2.45, 2.75) is 39.7 Å². The van der Waals surface area contributed by atoms with Gasteiger partial charge in [0.1, 0.15) is 0 Å². The highest BCUT2D eigenvalue weighted by molar-refractivity contribution is 6.00. The molecule has 0 spiro atoms. The number of likely N-dealkylation sites (tertiary alicyclic amines) is 1. The summed E-state index contributed by atoms with van der Waals surface area (Å²) >= 11 is 0. The third-order valence-electron chi connectivity index (χ3n) is 4.11. The highest BCUT2D eigenvalue weighted by Gasteiger charge is 2.34. The van der Waals surface area contributed by atoms with Crippen LogP contribution in [0.1, 0.15) is 44.0 Å². The zero-order valence-corrected chi connectivity index (χ0v) is 15.1. The third kappa shape index (κ3) is 4.65. The number of aliphatic carboxylic acids is 1. The topological polar surface area (TPSA) is 85.6 Å². The van der Waals surface area contributed by atoms with E-state index in [0.29, 0.717) is 24.1 Å². The normalized spacial score (nSPS) is 19.2. The minimum atomic E-state index is -0.870. The van der Waals surface area contributed by atoms with E-state index >= 15 is 0 Å². The van der Waals surface area contributed by atoms with Crippen molar-refractivity contribution in [2.75, 3.05) is 11.7 Å². The van der Waals surface area contributed by atoms with Crippen LogP contribution in [0.4, 0.5) is 5.69 Å². The molecule has 1 amide bonds.